The third-order valence-electron chi connectivity index (χ3n) is 3.63. The van der Waals surface area contributed by atoms with Gasteiger partial charge in [0.25, 0.3) is 0 Å². The van der Waals surface area contributed by atoms with Crippen LogP contribution in [0.1, 0.15) is 18.4 Å². The van der Waals surface area contributed by atoms with Crippen molar-refractivity contribution in [2.24, 2.45) is 0 Å². The third-order valence-corrected chi connectivity index (χ3v) is 5.55. The van der Waals surface area contributed by atoms with Gasteiger partial charge in [-0.2, -0.15) is 4.31 Å². The van der Waals surface area contributed by atoms with Crippen LogP contribution in [0.5, 0.6) is 0 Å². The lowest BCUT2D eigenvalue weighted by molar-refractivity contribution is 0.148. The smallest absolute Gasteiger partial charge is 0.243 e. The first kappa shape index (κ1) is 16.4. The van der Waals surface area contributed by atoms with E-state index in [-0.39, 0.29) is 0 Å². The predicted octanol–water partition coefficient (Wildman–Crippen LogP) is 1.25. The van der Waals surface area contributed by atoms with E-state index in [1.807, 2.05) is 19.2 Å². The summed E-state index contributed by atoms with van der Waals surface area (Å²) in [6, 6.07) is 7.26. The maximum atomic E-state index is 12.6. The van der Waals surface area contributed by atoms with E-state index in [0.29, 0.717) is 31.2 Å². The summed E-state index contributed by atoms with van der Waals surface area (Å²) < 4.78 is 32.0. The molecule has 0 radical (unpaired) electrons. The summed E-state index contributed by atoms with van der Waals surface area (Å²) in [6.07, 6.45) is 2.76. The van der Waals surface area contributed by atoms with E-state index in [1.54, 1.807) is 12.1 Å². The van der Waals surface area contributed by atoms with Crippen LogP contribution in [0.15, 0.2) is 29.2 Å². The molecule has 1 aromatic carbocycles. The predicted molar refractivity (Wildman–Crippen MR) is 82.9 cm³/mol. The molecule has 21 heavy (non-hydrogen) atoms. The Morgan fingerprint density at radius 2 is 1.95 bits per heavy atom. The van der Waals surface area contributed by atoms with Gasteiger partial charge in [0.2, 0.25) is 10.0 Å². The average Bonchev–Trinajstić information content (AvgIpc) is 2.78. The minimum atomic E-state index is -3.39. The van der Waals surface area contributed by atoms with Gasteiger partial charge < -0.3 is 10.1 Å². The first-order valence-corrected chi connectivity index (χ1v) is 8.90. The molecule has 0 amide bonds. The number of aryl methyl sites for hydroxylation is 1. The van der Waals surface area contributed by atoms with E-state index in [0.717, 1.165) is 25.8 Å². The molecule has 1 aliphatic rings. The molecular formula is C15H24N2O3S. The summed E-state index contributed by atoms with van der Waals surface area (Å²) in [6.45, 7) is 3.05. The van der Waals surface area contributed by atoms with E-state index in [9.17, 15) is 8.42 Å². The van der Waals surface area contributed by atoms with Crippen molar-refractivity contribution in [1.29, 1.82) is 0 Å². The minimum Gasteiger partial charge on any atom is -0.380 e. The van der Waals surface area contributed by atoms with Crippen molar-refractivity contribution in [2.45, 2.75) is 24.2 Å². The van der Waals surface area contributed by atoms with Crippen LogP contribution in [0.25, 0.3) is 0 Å². The lowest BCUT2D eigenvalue weighted by Gasteiger charge is -2.19. The van der Waals surface area contributed by atoms with Crippen LogP contribution >= 0.6 is 0 Å². The molecule has 1 fully saturated rings. The Kier molecular flexibility index (Phi) is 6.17. The molecule has 0 atom stereocenters. The highest BCUT2D eigenvalue weighted by atomic mass is 32.2. The van der Waals surface area contributed by atoms with Crippen molar-refractivity contribution in [3.05, 3.63) is 29.8 Å². The van der Waals surface area contributed by atoms with Gasteiger partial charge in [0.05, 0.1) is 11.5 Å². The molecule has 1 aliphatic heterocycles. The fourth-order valence-electron chi connectivity index (χ4n) is 2.41. The zero-order valence-corrected chi connectivity index (χ0v) is 13.4. The van der Waals surface area contributed by atoms with Crippen molar-refractivity contribution in [1.82, 2.24) is 9.62 Å². The van der Waals surface area contributed by atoms with Crippen molar-refractivity contribution in [3.8, 4) is 0 Å². The lowest BCUT2D eigenvalue weighted by atomic mass is 10.1. The second-order valence-electron chi connectivity index (χ2n) is 5.22. The molecule has 1 aromatic rings. The normalized spacial score (nSPS) is 17.6. The second kappa shape index (κ2) is 7.89. The summed E-state index contributed by atoms with van der Waals surface area (Å²) in [5.41, 5.74) is 1.17. The molecular weight excluding hydrogens is 288 g/mol. The van der Waals surface area contributed by atoms with Crippen LogP contribution in [-0.2, 0) is 21.2 Å². The average molecular weight is 312 g/mol. The van der Waals surface area contributed by atoms with Gasteiger partial charge >= 0.3 is 0 Å². The summed E-state index contributed by atoms with van der Waals surface area (Å²) in [5, 5.41) is 3.11. The Morgan fingerprint density at radius 1 is 1.19 bits per heavy atom. The Balaban J connectivity index is 2.05. The first-order chi connectivity index (χ1) is 10.1. The number of sulfonamides is 1. The molecule has 0 aliphatic carbocycles. The van der Waals surface area contributed by atoms with E-state index in [4.69, 9.17) is 4.74 Å². The molecule has 0 aromatic heterocycles. The zero-order chi connectivity index (χ0) is 15.1. The van der Waals surface area contributed by atoms with Crippen molar-refractivity contribution < 1.29 is 13.2 Å². The van der Waals surface area contributed by atoms with E-state index >= 15 is 0 Å². The van der Waals surface area contributed by atoms with Gasteiger partial charge in [-0.1, -0.05) is 12.1 Å². The summed E-state index contributed by atoms with van der Waals surface area (Å²) in [4.78, 5) is 0.377. The second-order valence-corrected chi connectivity index (χ2v) is 7.16. The zero-order valence-electron chi connectivity index (χ0n) is 12.5. The van der Waals surface area contributed by atoms with E-state index in [2.05, 4.69) is 5.32 Å². The van der Waals surface area contributed by atoms with Gasteiger partial charge in [-0.3, -0.25) is 0 Å². The van der Waals surface area contributed by atoms with Gasteiger partial charge in [0.1, 0.15) is 0 Å². The van der Waals surface area contributed by atoms with Crippen molar-refractivity contribution in [2.75, 3.05) is 39.9 Å². The number of ether oxygens (including phenoxy) is 1. The topological polar surface area (TPSA) is 58.6 Å². The number of rotatable bonds is 6. The van der Waals surface area contributed by atoms with Crippen LogP contribution in [0.4, 0.5) is 0 Å². The molecule has 1 N–H and O–H groups in total. The molecule has 0 unspecified atom stereocenters. The third kappa shape index (κ3) is 4.51. The molecule has 118 valence electrons. The standard InChI is InChI=1S/C15H24N2O3S/c1-16-9-2-4-14-5-7-15(8-6-14)21(18,19)17-10-3-12-20-13-11-17/h5-8,16H,2-4,9-13H2,1H3. The molecule has 0 bridgehead atoms. The molecule has 0 spiro atoms. The van der Waals surface area contributed by atoms with Crippen LogP contribution in [0.2, 0.25) is 0 Å². The Bertz CT molecular complexity index is 520. The van der Waals surface area contributed by atoms with Gasteiger partial charge in [-0.05, 0) is 50.6 Å². The van der Waals surface area contributed by atoms with Crippen LogP contribution in [0.3, 0.4) is 0 Å². The van der Waals surface area contributed by atoms with Crippen molar-refractivity contribution >= 4 is 10.0 Å². The Morgan fingerprint density at radius 3 is 2.67 bits per heavy atom. The first-order valence-electron chi connectivity index (χ1n) is 7.46. The Hall–Kier alpha value is -0.950. The summed E-state index contributed by atoms with van der Waals surface area (Å²) in [5.74, 6) is 0. The molecule has 0 saturated carbocycles. The van der Waals surface area contributed by atoms with Gasteiger partial charge in [-0.15, -0.1) is 0 Å². The fraction of sp³-hybridized carbons (Fsp3) is 0.600. The maximum absolute atomic E-state index is 12.6. The minimum absolute atomic E-state index is 0.377. The lowest BCUT2D eigenvalue weighted by Crippen LogP contribution is -2.33. The molecule has 2 rings (SSSR count). The summed E-state index contributed by atoms with van der Waals surface area (Å²) >= 11 is 0. The SMILES string of the molecule is CNCCCc1ccc(S(=O)(=O)N2CCCOCC2)cc1. The fourth-order valence-corrected chi connectivity index (χ4v) is 3.87. The van der Waals surface area contributed by atoms with Crippen molar-refractivity contribution in [3.63, 3.8) is 0 Å². The summed E-state index contributed by atoms with van der Waals surface area (Å²) in [7, 11) is -1.46. The molecule has 5 nitrogen and oxygen atoms in total. The van der Waals surface area contributed by atoms with Crippen LogP contribution < -0.4 is 5.32 Å². The number of nitrogens with zero attached hydrogens (tertiary/aromatic N) is 1. The largest absolute Gasteiger partial charge is 0.380 e. The van der Waals surface area contributed by atoms with E-state index < -0.39 is 10.0 Å². The number of hydrogen-bond acceptors (Lipinski definition) is 4. The van der Waals surface area contributed by atoms with Crippen LogP contribution in [-0.4, -0.2) is 52.6 Å². The number of hydrogen-bond donors (Lipinski definition) is 1. The van der Waals surface area contributed by atoms with E-state index in [1.165, 1.54) is 9.87 Å². The maximum Gasteiger partial charge on any atom is 0.243 e. The van der Waals surface area contributed by atoms with Crippen LogP contribution in [0, 0.1) is 0 Å². The quantitative estimate of drug-likeness (QED) is 0.803. The number of benzene rings is 1. The highest BCUT2D eigenvalue weighted by molar-refractivity contribution is 7.89. The monoisotopic (exact) mass is 312 g/mol. The van der Waals surface area contributed by atoms with Gasteiger partial charge in [0.15, 0.2) is 0 Å². The number of nitrogens with one attached hydrogen (secondary N) is 1. The Labute approximate surface area is 127 Å². The highest BCUT2D eigenvalue weighted by Crippen LogP contribution is 2.18. The van der Waals surface area contributed by atoms with Gasteiger partial charge in [0, 0.05) is 19.7 Å². The molecule has 6 heteroatoms. The molecule has 1 saturated heterocycles. The van der Waals surface area contributed by atoms with Gasteiger partial charge in [-0.25, -0.2) is 8.42 Å². The molecule has 1 heterocycles. The highest BCUT2D eigenvalue weighted by Gasteiger charge is 2.25.